The van der Waals surface area contributed by atoms with Gasteiger partial charge in [-0.1, -0.05) is 12.1 Å². The summed E-state index contributed by atoms with van der Waals surface area (Å²) in [5, 5.41) is 3.22. The second kappa shape index (κ2) is 2.70. The quantitative estimate of drug-likeness (QED) is 0.676. The second-order valence-corrected chi connectivity index (χ2v) is 3.23. The van der Waals surface area contributed by atoms with E-state index >= 15 is 0 Å². The van der Waals surface area contributed by atoms with E-state index in [1.54, 1.807) is 0 Å². The number of benzene rings is 1. The van der Waals surface area contributed by atoms with Crippen molar-refractivity contribution < 1.29 is 0 Å². The molecule has 0 radical (unpaired) electrons. The van der Waals surface area contributed by atoms with E-state index in [9.17, 15) is 0 Å². The van der Waals surface area contributed by atoms with Crippen LogP contribution >= 0.6 is 0 Å². The van der Waals surface area contributed by atoms with Crippen LogP contribution in [0.1, 0.15) is 5.56 Å². The molecule has 1 aliphatic heterocycles. The minimum atomic E-state index is 1.15. The zero-order chi connectivity index (χ0) is 8.55. The minimum Gasteiger partial charge on any atom is -0.386 e. The first-order valence-electron chi connectivity index (χ1n) is 4.33. The first-order chi connectivity index (χ1) is 5.83. The molecule has 2 nitrogen and oxygen atoms in total. The van der Waals surface area contributed by atoms with Crippen molar-refractivity contribution in [3.63, 3.8) is 0 Å². The first-order valence-corrected chi connectivity index (χ1v) is 4.33. The van der Waals surface area contributed by atoms with Crippen LogP contribution < -0.4 is 10.2 Å². The third-order valence-corrected chi connectivity index (χ3v) is 2.49. The van der Waals surface area contributed by atoms with Gasteiger partial charge < -0.3 is 10.2 Å². The Morgan fingerprint density at radius 1 is 1.42 bits per heavy atom. The Morgan fingerprint density at radius 3 is 3.00 bits per heavy atom. The zero-order valence-corrected chi connectivity index (χ0v) is 7.59. The van der Waals surface area contributed by atoms with Crippen LogP contribution in [0.4, 0.5) is 11.4 Å². The maximum Gasteiger partial charge on any atom is 0.0632 e. The van der Waals surface area contributed by atoms with Gasteiger partial charge in [-0.3, -0.25) is 0 Å². The van der Waals surface area contributed by atoms with Crippen LogP contribution in [0, 0.1) is 0 Å². The Balaban J connectivity index is 2.53. The average molecular weight is 162 g/mol. The SMILES string of the molecule is CNc1cccc2c1N(C)CC2. The van der Waals surface area contributed by atoms with E-state index in [1.165, 1.54) is 23.4 Å². The summed E-state index contributed by atoms with van der Waals surface area (Å²) >= 11 is 0. The molecule has 0 bridgehead atoms. The molecule has 0 amide bonds. The average Bonchev–Trinajstić information content (AvgIpc) is 2.48. The van der Waals surface area contributed by atoms with E-state index in [0.29, 0.717) is 0 Å². The highest BCUT2D eigenvalue weighted by Crippen LogP contribution is 2.33. The van der Waals surface area contributed by atoms with E-state index < -0.39 is 0 Å². The fourth-order valence-corrected chi connectivity index (χ4v) is 1.85. The van der Waals surface area contributed by atoms with Crippen molar-refractivity contribution in [1.82, 2.24) is 0 Å². The van der Waals surface area contributed by atoms with Gasteiger partial charge in [0.15, 0.2) is 0 Å². The van der Waals surface area contributed by atoms with Crippen LogP contribution in [-0.4, -0.2) is 20.6 Å². The molecule has 0 unspecified atom stereocenters. The lowest BCUT2D eigenvalue weighted by Gasteiger charge is -2.15. The van der Waals surface area contributed by atoms with Crippen molar-refractivity contribution in [1.29, 1.82) is 0 Å². The molecule has 1 heterocycles. The van der Waals surface area contributed by atoms with Crippen molar-refractivity contribution in [3.8, 4) is 0 Å². The van der Waals surface area contributed by atoms with Crippen LogP contribution in [0.25, 0.3) is 0 Å². The van der Waals surface area contributed by atoms with Crippen molar-refractivity contribution >= 4 is 11.4 Å². The van der Waals surface area contributed by atoms with Gasteiger partial charge in [0.1, 0.15) is 0 Å². The normalized spacial score (nSPS) is 14.7. The van der Waals surface area contributed by atoms with E-state index in [1.807, 2.05) is 7.05 Å². The third kappa shape index (κ3) is 0.951. The number of para-hydroxylation sites is 1. The maximum absolute atomic E-state index is 3.22. The molecule has 0 aromatic heterocycles. The van der Waals surface area contributed by atoms with Crippen LogP contribution in [0.3, 0.4) is 0 Å². The van der Waals surface area contributed by atoms with E-state index in [-0.39, 0.29) is 0 Å². The monoisotopic (exact) mass is 162 g/mol. The number of hydrogen-bond acceptors (Lipinski definition) is 2. The molecule has 1 N–H and O–H groups in total. The fourth-order valence-electron chi connectivity index (χ4n) is 1.85. The molecular weight excluding hydrogens is 148 g/mol. The predicted molar refractivity (Wildman–Crippen MR) is 53.0 cm³/mol. The van der Waals surface area contributed by atoms with Gasteiger partial charge >= 0.3 is 0 Å². The number of likely N-dealkylation sites (N-methyl/N-ethyl adjacent to an activating group) is 1. The van der Waals surface area contributed by atoms with E-state index in [0.717, 1.165) is 6.54 Å². The van der Waals surface area contributed by atoms with Crippen molar-refractivity contribution in [3.05, 3.63) is 23.8 Å². The standard InChI is InChI=1S/C10H14N2/c1-11-9-5-3-4-8-6-7-12(2)10(8)9/h3-5,11H,6-7H2,1-2H3. The number of fused-ring (bicyclic) bond motifs is 1. The molecule has 0 saturated heterocycles. The highest BCUT2D eigenvalue weighted by atomic mass is 15.1. The van der Waals surface area contributed by atoms with Crippen LogP contribution in [-0.2, 0) is 6.42 Å². The summed E-state index contributed by atoms with van der Waals surface area (Å²) in [7, 11) is 4.12. The van der Waals surface area contributed by atoms with Crippen LogP contribution in [0.2, 0.25) is 0 Å². The molecule has 2 heteroatoms. The summed E-state index contributed by atoms with van der Waals surface area (Å²) in [5.41, 5.74) is 4.08. The van der Waals surface area contributed by atoms with E-state index in [2.05, 4.69) is 35.5 Å². The topological polar surface area (TPSA) is 15.3 Å². The molecule has 1 aliphatic rings. The second-order valence-electron chi connectivity index (χ2n) is 3.23. The number of nitrogens with one attached hydrogen (secondary N) is 1. The summed E-state index contributed by atoms with van der Waals surface area (Å²) in [6.45, 7) is 1.15. The largest absolute Gasteiger partial charge is 0.386 e. The number of anilines is 2. The van der Waals surface area contributed by atoms with Gasteiger partial charge in [-0.2, -0.15) is 0 Å². The van der Waals surface area contributed by atoms with Crippen LogP contribution in [0.15, 0.2) is 18.2 Å². The van der Waals surface area contributed by atoms with Gasteiger partial charge in [-0.15, -0.1) is 0 Å². The fraction of sp³-hybridized carbons (Fsp3) is 0.400. The smallest absolute Gasteiger partial charge is 0.0632 e. The summed E-state index contributed by atoms with van der Waals surface area (Å²) in [6, 6.07) is 6.45. The van der Waals surface area contributed by atoms with Gasteiger partial charge in [0.05, 0.1) is 11.4 Å². The molecule has 1 aromatic carbocycles. The number of hydrogen-bond donors (Lipinski definition) is 1. The molecule has 64 valence electrons. The Morgan fingerprint density at radius 2 is 2.25 bits per heavy atom. The minimum absolute atomic E-state index is 1.15. The van der Waals surface area contributed by atoms with Crippen molar-refractivity contribution in [2.24, 2.45) is 0 Å². The van der Waals surface area contributed by atoms with Gasteiger partial charge in [0.25, 0.3) is 0 Å². The van der Waals surface area contributed by atoms with Gasteiger partial charge in [-0.05, 0) is 18.1 Å². The zero-order valence-electron chi connectivity index (χ0n) is 7.59. The number of rotatable bonds is 1. The highest BCUT2D eigenvalue weighted by molar-refractivity contribution is 5.75. The molecule has 12 heavy (non-hydrogen) atoms. The summed E-state index contributed by atoms with van der Waals surface area (Å²) < 4.78 is 0. The summed E-state index contributed by atoms with van der Waals surface area (Å²) in [6.07, 6.45) is 1.18. The number of nitrogens with zero attached hydrogens (tertiary/aromatic N) is 1. The Kier molecular flexibility index (Phi) is 1.68. The summed E-state index contributed by atoms with van der Waals surface area (Å²) in [5.74, 6) is 0. The maximum atomic E-state index is 3.22. The van der Waals surface area contributed by atoms with E-state index in [4.69, 9.17) is 0 Å². The molecule has 0 spiro atoms. The molecule has 0 atom stereocenters. The molecule has 0 saturated carbocycles. The Labute approximate surface area is 73.2 Å². The lowest BCUT2D eigenvalue weighted by Crippen LogP contribution is -2.13. The van der Waals surface area contributed by atoms with Crippen molar-refractivity contribution in [2.45, 2.75) is 6.42 Å². The Hall–Kier alpha value is -1.18. The van der Waals surface area contributed by atoms with Gasteiger partial charge in [-0.25, -0.2) is 0 Å². The molecule has 0 aliphatic carbocycles. The predicted octanol–water partition coefficient (Wildman–Crippen LogP) is 1.72. The summed E-state index contributed by atoms with van der Waals surface area (Å²) in [4.78, 5) is 2.31. The van der Waals surface area contributed by atoms with Crippen LogP contribution in [0.5, 0.6) is 0 Å². The Bertz CT molecular complexity index is 294. The lowest BCUT2D eigenvalue weighted by atomic mass is 10.1. The van der Waals surface area contributed by atoms with Gasteiger partial charge in [0.2, 0.25) is 0 Å². The first kappa shape index (κ1) is 7.47. The molecule has 0 fully saturated rings. The lowest BCUT2D eigenvalue weighted by molar-refractivity contribution is 0.956. The molecular formula is C10H14N2. The van der Waals surface area contributed by atoms with Crippen molar-refractivity contribution in [2.75, 3.05) is 30.9 Å². The molecule has 1 aromatic rings. The molecule has 2 rings (SSSR count). The third-order valence-electron chi connectivity index (χ3n) is 2.49. The highest BCUT2D eigenvalue weighted by Gasteiger charge is 2.17. The van der Waals surface area contributed by atoms with Gasteiger partial charge in [0, 0.05) is 20.6 Å².